The van der Waals surface area contributed by atoms with Gasteiger partial charge in [-0.25, -0.2) is 12.8 Å². The van der Waals surface area contributed by atoms with Gasteiger partial charge < -0.3 is 25.1 Å². The highest BCUT2D eigenvalue weighted by Crippen LogP contribution is 2.48. The van der Waals surface area contributed by atoms with E-state index < -0.39 is 23.0 Å². The molecule has 1 aliphatic rings. The number of nitrogens with zero attached hydrogens (tertiary/aromatic N) is 1. The fourth-order valence-corrected chi connectivity index (χ4v) is 6.04. The Morgan fingerprint density at radius 1 is 1.10 bits per heavy atom. The Bertz CT molecular complexity index is 1720. The molecule has 0 atom stereocenters. The number of amides is 1. The summed E-state index contributed by atoms with van der Waals surface area (Å²) >= 11 is 0. The summed E-state index contributed by atoms with van der Waals surface area (Å²) in [4.78, 5) is 13.0. The summed E-state index contributed by atoms with van der Waals surface area (Å²) in [6.45, 7) is 0.357. The molecule has 4 N–H and O–H groups in total. The molecule has 1 aromatic heterocycles. The number of sulfonamides is 1. The minimum Gasteiger partial charge on any atom is -0.455 e. The second-order valence-corrected chi connectivity index (χ2v) is 12.2. The van der Waals surface area contributed by atoms with Crippen molar-refractivity contribution in [3.8, 4) is 11.3 Å². The number of halogens is 1. The zero-order valence-electron chi connectivity index (χ0n) is 22.9. The van der Waals surface area contributed by atoms with Crippen molar-refractivity contribution in [2.75, 3.05) is 24.7 Å². The van der Waals surface area contributed by atoms with Gasteiger partial charge >= 0.3 is 7.12 Å². The van der Waals surface area contributed by atoms with E-state index in [1.54, 1.807) is 31.3 Å². The van der Waals surface area contributed by atoms with Gasteiger partial charge in [-0.3, -0.25) is 9.10 Å². The lowest BCUT2D eigenvalue weighted by atomic mass is 9.76. The van der Waals surface area contributed by atoms with Crippen molar-refractivity contribution in [2.45, 2.75) is 31.8 Å². The molecule has 1 fully saturated rings. The van der Waals surface area contributed by atoms with Gasteiger partial charge in [0, 0.05) is 30.6 Å². The highest BCUT2D eigenvalue weighted by atomic mass is 32.2. The maximum atomic E-state index is 13.6. The Labute approximate surface area is 238 Å². The van der Waals surface area contributed by atoms with E-state index in [0.29, 0.717) is 50.9 Å². The van der Waals surface area contributed by atoms with E-state index in [1.165, 1.54) is 35.6 Å². The normalized spacial score (nSPS) is 13.4. The Hall–Kier alpha value is -3.71. The SMILES string of the molecule is CNCc1cc(CN(c2cc3oc(-c4ccc(F)cc4)c(C(=O)NC)c3cc2C2CC2)S(C)(=O)=O)ccc1B(O)O. The Kier molecular flexibility index (Phi) is 7.93. The van der Waals surface area contributed by atoms with Crippen LogP contribution in [0.1, 0.15) is 45.8 Å². The number of carbonyl (C=O) groups is 1. The van der Waals surface area contributed by atoms with Crippen LogP contribution >= 0.6 is 0 Å². The molecule has 3 aromatic carbocycles. The maximum absolute atomic E-state index is 13.6. The third-order valence-corrected chi connectivity index (χ3v) is 8.39. The number of rotatable bonds is 10. The van der Waals surface area contributed by atoms with Gasteiger partial charge in [0.1, 0.15) is 17.2 Å². The van der Waals surface area contributed by atoms with Crippen LogP contribution < -0.4 is 20.4 Å². The average molecular weight is 579 g/mol. The third-order valence-electron chi connectivity index (χ3n) is 7.26. The van der Waals surface area contributed by atoms with Crippen molar-refractivity contribution < 1.29 is 32.1 Å². The molecule has 0 radical (unpaired) electrons. The minimum absolute atomic E-state index is 0.00356. The molecule has 12 heteroatoms. The van der Waals surface area contributed by atoms with E-state index in [0.717, 1.165) is 24.7 Å². The summed E-state index contributed by atoms with van der Waals surface area (Å²) in [7, 11) is -2.20. The van der Waals surface area contributed by atoms with Crippen molar-refractivity contribution in [3.63, 3.8) is 0 Å². The summed E-state index contributed by atoms with van der Waals surface area (Å²) in [5.74, 6) is -0.417. The van der Waals surface area contributed by atoms with Crippen LogP contribution in [-0.2, 0) is 23.1 Å². The lowest BCUT2D eigenvalue weighted by molar-refractivity contribution is 0.0964. The number of anilines is 1. The highest BCUT2D eigenvalue weighted by Gasteiger charge is 2.33. The molecule has 1 aliphatic carbocycles. The van der Waals surface area contributed by atoms with Crippen LogP contribution in [0.15, 0.2) is 59.0 Å². The van der Waals surface area contributed by atoms with Crippen LogP contribution in [0.2, 0.25) is 0 Å². The van der Waals surface area contributed by atoms with Crippen molar-refractivity contribution in [1.29, 1.82) is 0 Å². The molecule has 0 bridgehead atoms. The molecule has 0 spiro atoms. The van der Waals surface area contributed by atoms with Gasteiger partial charge in [0.25, 0.3) is 5.91 Å². The summed E-state index contributed by atoms with van der Waals surface area (Å²) in [6.07, 6.45) is 2.89. The van der Waals surface area contributed by atoms with Gasteiger partial charge in [0.15, 0.2) is 0 Å². The van der Waals surface area contributed by atoms with Gasteiger partial charge in [0.05, 0.1) is 24.1 Å². The third kappa shape index (κ3) is 5.87. The van der Waals surface area contributed by atoms with Crippen molar-refractivity contribution in [3.05, 3.63) is 82.7 Å². The molecule has 9 nitrogen and oxygen atoms in total. The van der Waals surface area contributed by atoms with Crippen LogP contribution in [0.25, 0.3) is 22.3 Å². The number of hydrogen-bond donors (Lipinski definition) is 4. The van der Waals surface area contributed by atoms with E-state index in [-0.39, 0.29) is 24.1 Å². The maximum Gasteiger partial charge on any atom is 0.488 e. The number of benzene rings is 3. The summed E-state index contributed by atoms with van der Waals surface area (Å²) in [5, 5.41) is 25.7. The van der Waals surface area contributed by atoms with Gasteiger partial charge in [-0.2, -0.15) is 0 Å². The largest absolute Gasteiger partial charge is 0.488 e. The number of hydrogen-bond acceptors (Lipinski definition) is 7. The second kappa shape index (κ2) is 11.3. The lowest BCUT2D eigenvalue weighted by Gasteiger charge is -2.26. The van der Waals surface area contributed by atoms with E-state index in [1.807, 2.05) is 6.07 Å². The number of carbonyl (C=O) groups excluding carboxylic acids is 1. The zero-order valence-corrected chi connectivity index (χ0v) is 23.8. The molecular weight excluding hydrogens is 548 g/mol. The molecule has 0 saturated heterocycles. The fourth-order valence-electron chi connectivity index (χ4n) is 5.14. The molecular formula is C29H31BFN3O6S. The fraction of sp³-hybridized carbons (Fsp3) is 0.276. The predicted molar refractivity (Wildman–Crippen MR) is 157 cm³/mol. The van der Waals surface area contributed by atoms with Crippen molar-refractivity contribution in [2.24, 2.45) is 0 Å². The molecule has 5 rings (SSSR count). The summed E-state index contributed by atoms with van der Waals surface area (Å²) in [5.41, 5.74) is 4.00. The predicted octanol–water partition coefficient (Wildman–Crippen LogP) is 2.84. The van der Waals surface area contributed by atoms with Gasteiger partial charge in [-0.1, -0.05) is 18.2 Å². The van der Waals surface area contributed by atoms with Crippen LogP contribution in [-0.4, -0.2) is 51.8 Å². The summed E-state index contributed by atoms with van der Waals surface area (Å²) in [6, 6.07) is 14.1. The van der Waals surface area contributed by atoms with Crippen LogP contribution in [0.4, 0.5) is 10.1 Å². The monoisotopic (exact) mass is 579 g/mol. The standard InChI is InChI=1S/C29H31BFN3O6S/c1-32-15-20-12-17(4-11-24(20)30(36)37)16-34(41(3,38)39)25-14-26-23(13-22(25)18-5-6-18)27(29(35)33-2)28(40-26)19-7-9-21(31)10-8-19/h4,7-14,18,32,36-37H,5-6,15-16H2,1-3H3,(H,33,35). The van der Waals surface area contributed by atoms with E-state index in [9.17, 15) is 27.7 Å². The topological polar surface area (TPSA) is 132 Å². The Morgan fingerprint density at radius 3 is 2.39 bits per heavy atom. The van der Waals surface area contributed by atoms with Crippen LogP contribution in [0.5, 0.6) is 0 Å². The molecule has 4 aromatic rings. The molecule has 214 valence electrons. The Balaban J connectivity index is 1.68. The first-order valence-electron chi connectivity index (χ1n) is 13.2. The van der Waals surface area contributed by atoms with Gasteiger partial charge in [0.2, 0.25) is 10.0 Å². The smallest absolute Gasteiger partial charge is 0.455 e. The number of furan rings is 1. The molecule has 1 amide bonds. The van der Waals surface area contributed by atoms with E-state index >= 15 is 0 Å². The number of nitrogens with one attached hydrogen (secondary N) is 2. The average Bonchev–Trinajstić information content (AvgIpc) is 3.71. The summed E-state index contributed by atoms with van der Waals surface area (Å²) < 4.78 is 47.6. The quantitative estimate of drug-likeness (QED) is 0.213. The molecule has 41 heavy (non-hydrogen) atoms. The lowest BCUT2D eigenvalue weighted by Crippen LogP contribution is -2.35. The van der Waals surface area contributed by atoms with Gasteiger partial charge in [-0.05, 0) is 78.3 Å². The molecule has 1 saturated carbocycles. The Morgan fingerprint density at radius 2 is 1.80 bits per heavy atom. The number of fused-ring (bicyclic) bond motifs is 1. The minimum atomic E-state index is -3.79. The van der Waals surface area contributed by atoms with E-state index in [2.05, 4.69) is 10.6 Å². The van der Waals surface area contributed by atoms with E-state index in [4.69, 9.17) is 4.42 Å². The van der Waals surface area contributed by atoms with Crippen molar-refractivity contribution in [1.82, 2.24) is 10.6 Å². The molecule has 0 aliphatic heterocycles. The van der Waals surface area contributed by atoms with Gasteiger partial charge in [-0.15, -0.1) is 0 Å². The zero-order chi connectivity index (χ0) is 29.5. The highest BCUT2D eigenvalue weighted by molar-refractivity contribution is 7.92. The second-order valence-electron chi connectivity index (χ2n) is 10.3. The van der Waals surface area contributed by atoms with Crippen LogP contribution in [0, 0.1) is 5.82 Å². The first kappa shape index (κ1) is 28.8. The van der Waals surface area contributed by atoms with Crippen molar-refractivity contribution >= 4 is 45.2 Å². The molecule has 1 heterocycles. The first-order chi connectivity index (χ1) is 19.5. The van der Waals surface area contributed by atoms with Crippen LogP contribution in [0.3, 0.4) is 0 Å². The first-order valence-corrected chi connectivity index (χ1v) is 15.0. The molecule has 0 unspecified atom stereocenters.